The van der Waals surface area contributed by atoms with Gasteiger partial charge in [-0.2, -0.15) is 0 Å². The third-order valence-corrected chi connectivity index (χ3v) is 4.27. The fourth-order valence-corrected chi connectivity index (χ4v) is 2.97. The van der Waals surface area contributed by atoms with Crippen molar-refractivity contribution in [3.63, 3.8) is 0 Å². The number of fused-ring (bicyclic) bond motifs is 1. The van der Waals surface area contributed by atoms with Crippen LogP contribution in [-0.4, -0.2) is 49.7 Å². The molecule has 0 saturated carbocycles. The van der Waals surface area contributed by atoms with Gasteiger partial charge in [0.2, 0.25) is 5.91 Å². The van der Waals surface area contributed by atoms with Crippen LogP contribution in [-0.2, 0) is 16.0 Å². The molecule has 23 heavy (non-hydrogen) atoms. The fourth-order valence-electron chi connectivity index (χ4n) is 2.97. The summed E-state index contributed by atoms with van der Waals surface area (Å²) in [6, 6.07) is 7.85. The molecule has 0 bridgehead atoms. The average molecular weight is 318 g/mol. The molecule has 3 rings (SSSR count). The van der Waals surface area contributed by atoms with E-state index in [-0.39, 0.29) is 17.9 Å². The number of ether oxygens (including phenoxy) is 2. The lowest BCUT2D eigenvalue weighted by molar-refractivity contribution is -0.125. The predicted molar refractivity (Wildman–Crippen MR) is 84.3 cm³/mol. The lowest BCUT2D eigenvalue weighted by atomic mass is 9.96. The Kier molecular flexibility index (Phi) is 5.00. The van der Waals surface area contributed by atoms with Crippen molar-refractivity contribution in [3.05, 3.63) is 29.8 Å². The van der Waals surface area contributed by atoms with Crippen LogP contribution < -0.4 is 10.1 Å². The Morgan fingerprint density at radius 2 is 2.13 bits per heavy atom. The second-order valence-electron chi connectivity index (χ2n) is 5.89. The van der Waals surface area contributed by atoms with Crippen molar-refractivity contribution < 1.29 is 19.1 Å². The van der Waals surface area contributed by atoms with Crippen LogP contribution in [0.4, 0.5) is 4.79 Å². The second kappa shape index (κ2) is 7.35. The number of nitrogens with one attached hydrogen (secondary N) is 1. The van der Waals surface area contributed by atoms with Crippen molar-refractivity contribution in [2.24, 2.45) is 5.92 Å². The molecule has 6 heteroatoms. The van der Waals surface area contributed by atoms with Gasteiger partial charge in [0.05, 0.1) is 13.2 Å². The van der Waals surface area contributed by atoms with Gasteiger partial charge in [-0.1, -0.05) is 18.2 Å². The number of para-hydroxylation sites is 1. The number of benzene rings is 1. The molecule has 1 saturated heterocycles. The molecule has 2 aliphatic rings. The normalized spacial score (nSPS) is 20.8. The summed E-state index contributed by atoms with van der Waals surface area (Å²) in [6.07, 6.45) is 1.94. The van der Waals surface area contributed by atoms with E-state index in [0.717, 1.165) is 17.7 Å². The van der Waals surface area contributed by atoms with Crippen molar-refractivity contribution in [1.82, 2.24) is 10.2 Å². The van der Waals surface area contributed by atoms with E-state index in [2.05, 4.69) is 5.32 Å². The summed E-state index contributed by atoms with van der Waals surface area (Å²) < 4.78 is 10.7. The molecular weight excluding hydrogens is 296 g/mol. The minimum atomic E-state index is -0.290. The van der Waals surface area contributed by atoms with Crippen molar-refractivity contribution in [2.45, 2.75) is 19.3 Å². The van der Waals surface area contributed by atoms with Crippen LogP contribution >= 0.6 is 0 Å². The van der Waals surface area contributed by atoms with Gasteiger partial charge in [-0.3, -0.25) is 4.79 Å². The lowest BCUT2D eigenvalue weighted by Crippen LogP contribution is -2.43. The number of carbonyl (C=O) groups is 2. The maximum Gasteiger partial charge on any atom is 0.409 e. The van der Waals surface area contributed by atoms with Crippen molar-refractivity contribution >= 4 is 12.0 Å². The van der Waals surface area contributed by atoms with Gasteiger partial charge in [-0.15, -0.1) is 0 Å². The molecule has 6 nitrogen and oxygen atoms in total. The van der Waals surface area contributed by atoms with Gasteiger partial charge < -0.3 is 19.7 Å². The van der Waals surface area contributed by atoms with Gasteiger partial charge in [0.25, 0.3) is 0 Å². The molecule has 0 unspecified atom stereocenters. The summed E-state index contributed by atoms with van der Waals surface area (Å²) >= 11 is 0. The van der Waals surface area contributed by atoms with Crippen LogP contribution in [0.5, 0.6) is 5.75 Å². The Balaban J connectivity index is 1.49. The van der Waals surface area contributed by atoms with Crippen LogP contribution in [0.3, 0.4) is 0 Å². The molecule has 2 amide bonds. The second-order valence-corrected chi connectivity index (χ2v) is 5.89. The van der Waals surface area contributed by atoms with Crippen LogP contribution in [0.2, 0.25) is 0 Å². The summed E-state index contributed by atoms with van der Waals surface area (Å²) in [4.78, 5) is 25.5. The molecule has 0 spiro atoms. The molecule has 1 N–H and O–H groups in total. The number of carbonyl (C=O) groups excluding carboxylic acids is 2. The topological polar surface area (TPSA) is 67.9 Å². The van der Waals surface area contributed by atoms with E-state index in [0.29, 0.717) is 45.7 Å². The van der Waals surface area contributed by atoms with E-state index in [9.17, 15) is 9.59 Å². The molecular formula is C17H22N2O4. The lowest BCUT2D eigenvalue weighted by Gasteiger charge is -2.26. The molecule has 0 radical (unpaired) electrons. The van der Waals surface area contributed by atoms with Gasteiger partial charge in [0.15, 0.2) is 0 Å². The quantitative estimate of drug-likeness (QED) is 0.915. The standard InChI is InChI=1S/C17H22N2O4/c20-16(18-7-9-19-8-3-10-23-17(19)21)14-6-11-22-15-5-2-1-4-13(15)12-14/h1-2,4-5,14H,3,6-12H2,(H,18,20)/t14-/m1/s1. The van der Waals surface area contributed by atoms with Gasteiger partial charge >= 0.3 is 6.09 Å². The molecule has 1 aromatic rings. The van der Waals surface area contributed by atoms with Gasteiger partial charge in [0, 0.05) is 25.6 Å². The molecule has 0 aromatic heterocycles. The van der Waals surface area contributed by atoms with Gasteiger partial charge in [-0.05, 0) is 30.9 Å². The van der Waals surface area contributed by atoms with Crippen LogP contribution in [0, 0.1) is 5.92 Å². The third kappa shape index (κ3) is 3.94. The largest absolute Gasteiger partial charge is 0.493 e. The number of rotatable bonds is 4. The molecule has 2 aliphatic heterocycles. The van der Waals surface area contributed by atoms with Crippen LogP contribution in [0.25, 0.3) is 0 Å². The maximum absolute atomic E-state index is 12.4. The summed E-state index contributed by atoms with van der Waals surface area (Å²) in [5.74, 6) is 0.807. The van der Waals surface area contributed by atoms with Crippen LogP contribution in [0.1, 0.15) is 18.4 Å². The van der Waals surface area contributed by atoms with E-state index in [1.54, 1.807) is 4.90 Å². The first-order valence-corrected chi connectivity index (χ1v) is 8.14. The average Bonchev–Trinajstić information content (AvgIpc) is 2.79. The number of nitrogens with zero attached hydrogens (tertiary/aromatic N) is 1. The van der Waals surface area contributed by atoms with E-state index in [4.69, 9.17) is 9.47 Å². The molecule has 1 atom stereocenters. The number of hydrogen-bond acceptors (Lipinski definition) is 4. The predicted octanol–water partition coefficient (Wildman–Crippen LogP) is 1.59. The SMILES string of the molecule is O=C(NCCN1CCCOC1=O)[C@@H]1CCOc2ccccc2C1. The summed E-state index contributed by atoms with van der Waals surface area (Å²) in [7, 11) is 0. The van der Waals surface area contributed by atoms with E-state index in [1.807, 2.05) is 24.3 Å². The molecule has 124 valence electrons. The minimum Gasteiger partial charge on any atom is -0.493 e. The highest BCUT2D eigenvalue weighted by atomic mass is 16.6. The first-order chi connectivity index (χ1) is 11.2. The van der Waals surface area contributed by atoms with Gasteiger partial charge in [-0.25, -0.2) is 4.79 Å². The first kappa shape index (κ1) is 15.6. The number of hydrogen-bond donors (Lipinski definition) is 1. The zero-order valence-electron chi connectivity index (χ0n) is 13.1. The first-order valence-electron chi connectivity index (χ1n) is 8.14. The zero-order valence-corrected chi connectivity index (χ0v) is 13.1. The third-order valence-electron chi connectivity index (χ3n) is 4.27. The maximum atomic E-state index is 12.4. The van der Waals surface area contributed by atoms with E-state index in [1.165, 1.54) is 0 Å². The van der Waals surface area contributed by atoms with Crippen LogP contribution in [0.15, 0.2) is 24.3 Å². The van der Waals surface area contributed by atoms with Crippen molar-refractivity contribution in [3.8, 4) is 5.75 Å². The van der Waals surface area contributed by atoms with Gasteiger partial charge in [0.1, 0.15) is 5.75 Å². The summed E-state index contributed by atoms with van der Waals surface area (Å²) in [6.45, 7) is 2.67. The Morgan fingerprint density at radius 3 is 3.00 bits per heavy atom. The molecule has 0 aliphatic carbocycles. The fraction of sp³-hybridized carbons (Fsp3) is 0.529. The molecule has 1 aromatic carbocycles. The van der Waals surface area contributed by atoms with Crippen molar-refractivity contribution in [2.75, 3.05) is 32.8 Å². The molecule has 1 fully saturated rings. The molecule has 2 heterocycles. The van der Waals surface area contributed by atoms with E-state index < -0.39 is 0 Å². The Labute approximate surface area is 135 Å². The summed E-state index contributed by atoms with van der Waals surface area (Å²) in [5.41, 5.74) is 1.07. The highest BCUT2D eigenvalue weighted by Gasteiger charge is 2.24. The highest BCUT2D eigenvalue weighted by Crippen LogP contribution is 2.26. The number of cyclic esters (lactones) is 1. The zero-order chi connectivity index (χ0) is 16.1. The van der Waals surface area contributed by atoms with Crippen molar-refractivity contribution in [1.29, 1.82) is 0 Å². The monoisotopic (exact) mass is 318 g/mol. The Morgan fingerprint density at radius 1 is 1.26 bits per heavy atom. The Hall–Kier alpha value is -2.24. The van der Waals surface area contributed by atoms with E-state index >= 15 is 0 Å². The number of amides is 2. The Bertz CT molecular complexity index is 575. The highest BCUT2D eigenvalue weighted by molar-refractivity contribution is 5.79. The smallest absolute Gasteiger partial charge is 0.409 e. The summed E-state index contributed by atoms with van der Waals surface area (Å²) in [5, 5.41) is 2.93. The minimum absolute atomic E-state index is 0.0238.